The van der Waals surface area contributed by atoms with Gasteiger partial charge in [-0.15, -0.1) is 0 Å². The summed E-state index contributed by atoms with van der Waals surface area (Å²) in [6.45, 7) is 1.56. The van der Waals surface area contributed by atoms with Crippen LogP contribution in [0.2, 0.25) is 0 Å². The molecule has 2 heteroatoms. The van der Waals surface area contributed by atoms with Crippen molar-refractivity contribution in [3.8, 4) is 0 Å². The highest BCUT2D eigenvalue weighted by Gasteiger charge is 2.19. The third kappa shape index (κ3) is 1.66. The van der Waals surface area contributed by atoms with E-state index in [0.717, 1.165) is 6.42 Å². The lowest BCUT2D eigenvalue weighted by Gasteiger charge is -2.17. The summed E-state index contributed by atoms with van der Waals surface area (Å²) < 4.78 is 0. The summed E-state index contributed by atoms with van der Waals surface area (Å²) >= 11 is 0. The first-order valence-corrected chi connectivity index (χ1v) is 3.65. The van der Waals surface area contributed by atoms with Crippen LogP contribution in [-0.2, 0) is 0 Å². The molecule has 9 heavy (non-hydrogen) atoms. The molecule has 0 spiro atoms. The van der Waals surface area contributed by atoms with Crippen LogP contribution < -0.4 is 0 Å². The Labute approximate surface area is 56.5 Å². The van der Waals surface area contributed by atoms with Crippen LogP contribution in [0.15, 0.2) is 0 Å². The summed E-state index contributed by atoms with van der Waals surface area (Å²) in [7, 11) is 2.13. The fraction of sp³-hybridized carbons (Fsp3) is 1.00. The van der Waals surface area contributed by atoms with Crippen LogP contribution >= 0.6 is 0 Å². The van der Waals surface area contributed by atoms with Gasteiger partial charge in [-0.25, -0.2) is 0 Å². The minimum atomic E-state index is 0.342. The van der Waals surface area contributed by atoms with E-state index in [1.54, 1.807) is 0 Å². The van der Waals surface area contributed by atoms with Gasteiger partial charge in [-0.3, -0.25) is 0 Å². The van der Waals surface area contributed by atoms with Crippen LogP contribution in [0.3, 0.4) is 0 Å². The number of aliphatic hydroxyl groups is 1. The van der Waals surface area contributed by atoms with Crippen molar-refractivity contribution in [3.05, 3.63) is 0 Å². The summed E-state index contributed by atoms with van der Waals surface area (Å²) in [5.41, 5.74) is 0. The van der Waals surface area contributed by atoms with E-state index in [0.29, 0.717) is 12.6 Å². The Hall–Kier alpha value is -0.0800. The normalized spacial score (nSPS) is 29.3. The van der Waals surface area contributed by atoms with Crippen molar-refractivity contribution in [1.29, 1.82) is 0 Å². The topological polar surface area (TPSA) is 23.5 Å². The second-order valence-corrected chi connectivity index (χ2v) is 2.79. The maximum Gasteiger partial charge on any atom is 0.0445 e. The van der Waals surface area contributed by atoms with Crippen LogP contribution in [0.5, 0.6) is 0 Å². The summed E-state index contributed by atoms with van der Waals surface area (Å²) in [6.07, 6.45) is 3.54. The summed E-state index contributed by atoms with van der Waals surface area (Å²) in [5, 5.41) is 8.62. The summed E-state index contributed by atoms with van der Waals surface area (Å²) in [4.78, 5) is 2.33. The Kier molecular flexibility index (Phi) is 2.49. The predicted octanol–water partition coefficient (Wildman–Crippen LogP) is 0.463. The highest BCUT2D eigenvalue weighted by Crippen LogP contribution is 2.16. The van der Waals surface area contributed by atoms with E-state index in [-0.39, 0.29) is 0 Å². The molecule has 0 amide bonds. The van der Waals surface area contributed by atoms with Gasteiger partial charge in [-0.1, -0.05) is 0 Å². The summed E-state index contributed by atoms with van der Waals surface area (Å²) in [6, 6.07) is 0.662. The Bertz CT molecular complexity index is 85.0. The zero-order chi connectivity index (χ0) is 6.69. The lowest BCUT2D eigenvalue weighted by molar-refractivity contribution is 0.220. The maximum absolute atomic E-state index is 8.62. The van der Waals surface area contributed by atoms with Crippen LogP contribution in [0, 0.1) is 0 Å². The first kappa shape index (κ1) is 7.03. The maximum atomic E-state index is 8.62. The van der Waals surface area contributed by atoms with Gasteiger partial charge < -0.3 is 10.0 Å². The largest absolute Gasteiger partial charge is 0.396 e. The molecule has 0 aromatic carbocycles. The van der Waals surface area contributed by atoms with E-state index in [1.807, 2.05) is 0 Å². The quantitative estimate of drug-likeness (QED) is 0.585. The van der Waals surface area contributed by atoms with Gasteiger partial charge in [-0.2, -0.15) is 0 Å². The number of nitrogens with zero attached hydrogens (tertiary/aromatic N) is 1. The molecule has 0 aliphatic carbocycles. The van der Waals surface area contributed by atoms with Gasteiger partial charge in [0.1, 0.15) is 0 Å². The van der Waals surface area contributed by atoms with E-state index in [9.17, 15) is 0 Å². The minimum absolute atomic E-state index is 0.342. The second kappa shape index (κ2) is 3.18. The molecule has 0 aromatic heterocycles. The van der Waals surface area contributed by atoms with Gasteiger partial charge >= 0.3 is 0 Å². The van der Waals surface area contributed by atoms with E-state index in [2.05, 4.69) is 11.9 Å². The van der Waals surface area contributed by atoms with Gasteiger partial charge in [0.15, 0.2) is 0 Å². The molecule has 1 rings (SSSR count). The molecule has 1 fully saturated rings. The fourth-order valence-corrected chi connectivity index (χ4v) is 1.49. The molecule has 1 heterocycles. The first-order valence-electron chi connectivity index (χ1n) is 3.65. The lowest BCUT2D eigenvalue weighted by atomic mass is 10.2. The number of hydrogen-bond acceptors (Lipinski definition) is 2. The van der Waals surface area contributed by atoms with E-state index in [1.165, 1.54) is 19.4 Å². The third-order valence-corrected chi connectivity index (χ3v) is 2.13. The minimum Gasteiger partial charge on any atom is -0.396 e. The zero-order valence-corrected chi connectivity index (χ0v) is 6.01. The molecule has 1 N–H and O–H groups in total. The average molecular weight is 129 g/mol. The Morgan fingerprint density at radius 2 is 2.44 bits per heavy atom. The molecule has 1 atom stereocenters. The number of likely N-dealkylation sites (tertiary alicyclic amines) is 1. The monoisotopic (exact) mass is 129 g/mol. The number of aliphatic hydroxyl groups excluding tert-OH is 1. The summed E-state index contributed by atoms with van der Waals surface area (Å²) in [5.74, 6) is 0. The smallest absolute Gasteiger partial charge is 0.0445 e. The fourth-order valence-electron chi connectivity index (χ4n) is 1.49. The predicted molar refractivity (Wildman–Crippen MR) is 37.4 cm³/mol. The van der Waals surface area contributed by atoms with E-state index >= 15 is 0 Å². The van der Waals surface area contributed by atoms with Crippen molar-refractivity contribution in [3.63, 3.8) is 0 Å². The molecule has 1 saturated heterocycles. The Morgan fingerprint density at radius 1 is 1.67 bits per heavy atom. The molecule has 0 radical (unpaired) electrons. The molecule has 54 valence electrons. The van der Waals surface area contributed by atoms with Crippen molar-refractivity contribution in [1.82, 2.24) is 4.90 Å². The standard InChI is InChI=1S/C7H15NO/c1-8-5-2-3-7(8)4-6-9/h7,9H,2-6H2,1H3. The molecule has 0 bridgehead atoms. The number of hydrogen-bond donors (Lipinski definition) is 1. The highest BCUT2D eigenvalue weighted by molar-refractivity contribution is 4.75. The van der Waals surface area contributed by atoms with Crippen molar-refractivity contribution in [2.45, 2.75) is 25.3 Å². The number of rotatable bonds is 2. The van der Waals surface area contributed by atoms with Crippen molar-refractivity contribution in [2.24, 2.45) is 0 Å². The van der Waals surface area contributed by atoms with Crippen molar-refractivity contribution < 1.29 is 5.11 Å². The molecule has 0 saturated carbocycles. The molecule has 2 nitrogen and oxygen atoms in total. The zero-order valence-electron chi connectivity index (χ0n) is 6.01. The van der Waals surface area contributed by atoms with Crippen molar-refractivity contribution in [2.75, 3.05) is 20.2 Å². The molecular formula is C7H15NO. The van der Waals surface area contributed by atoms with Gasteiger partial charge in [-0.05, 0) is 32.9 Å². The van der Waals surface area contributed by atoms with E-state index < -0.39 is 0 Å². The van der Waals surface area contributed by atoms with Gasteiger partial charge in [0.2, 0.25) is 0 Å². The van der Waals surface area contributed by atoms with Gasteiger partial charge in [0, 0.05) is 12.6 Å². The molecular weight excluding hydrogens is 114 g/mol. The van der Waals surface area contributed by atoms with Crippen molar-refractivity contribution >= 4 is 0 Å². The van der Waals surface area contributed by atoms with Crippen LogP contribution in [0.1, 0.15) is 19.3 Å². The molecule has 1 aliphatic heterocycles. The lowest BCUT2D eigenvalue weighted by Crippen LogP contribution is -2.25. The Balaban J connectivity index is 2.22. The van der Waals surface area contributed by atoms with Crippen LogP contribution in [-0.4, -0.2) is 36.2 Å². The van der Waals surface area contributed by atoms with Crippen LogP contribution in [0.4, 0.5) is 0 Å². The molecule has 1 unspecified atom stereocenters. The van der Waals surface area contributed by atoms with Crippen LogP contribution in [0.25, 0.3) is 0 Å². The Morgan fingerprint density at radius 3 is 2.89 bits per heavy atom. The third-order valence-electron chi connectivity index (χ3n) is 2.13. The highest BCUT2D eigenvalue weighted by atomic mass is 16.3. The second-order valence-electron chi connectivity index (χ2n) is 2.79. The average Bonchev–Trinajstić information content (AvgIpc) is 2.18. The molecule has 0 aromatic rings. The first-order chi connectivity index (χ1) is 4.34. The van der Waals surface area contributed by atoms with Gasteiger partial charge in [0.25, 0.3) is 0 Å². The SMILES string of the molecule is CN1CCCC1CCO. The van der Waals surface area contributed by atoms with E-state index in [4.69, 9.17) is 5.11 Å². The molecule has 1 aliphatic rings. The van der Waals surface area contributed by atoms with Gasteiger partial charge in [0.05, 0.1) is 0 Å².